The van der Waals surface area contributed by atoms with E-state index >= 15 is 0 Å². The van der Waals surface area contributed by atoms with E-state index in [2.05, 4.69) is 4.90 Å². The van der Waals surface area contributed by atoms with Gasteiger partial charge in [-0.2, -0.15) is 0 Å². The zero-order chi connectivity index (χ0) is 13.0. The Hall–Kier alpha value is -1.28. The number of hydrogen-bond acceptors (Lipinski definition) is 2. The molecule has 0 amide bonds. The molecule has 1 aliphatic rings. The Kier molecular flexibility index (Phi) is 4.43. The first-order valence-electron chi connectivity index (χ1n) is 6.40. The van der Waals surface area contributed by atoms with Gasteiger partial charge in [0.15, 0.2) is 5.78 Å². The second-order valence-corrected chi connectivity index (χ2v) is 5.13. The largest absolute Gasteiger partial charge is 0.362 e. The number of hydrogen-bond donors (Lipinski definition) is 0. The summed E-state index contributed by atoms with van der Waals surface area (Å²) in [6.07, 6.45) is 5.11. The smallest absolute Gasteiger partial charge is 0.188 e. The average Bonchev–Trinajstić information content (AvgIpc) is 2.40. The van der Waals surface area contributed by atoms with Gasteiger partial charge in [0.05, 0.1) is 0 Å². The predicted octanol–water partition coefficient (Wildman–Crippen LogP) is 3.74. The van der Waals surface area contributed by atoms with E-state index in [9.17, 15) is 4.79 Å². The first-order chi connectivity index (χ1) is 8.66. The van der Waals surface area contributed by atoms with Gasteiger partial charge in [0, 0.05) is 24.7 Å². The molecule has 0 radical (unpaired) electrons. The molecule has 0 N–H and O–H groups in total. The van der Waals surface area contributed by atoms with Crippen LogP contribution >= 0.6 is 11.6 Å². The van der Waals surface area contributed by atoms with Crippen molar-refractivity contribution in [3.8, 4) is 0 Å². The lowest BCUT2D eigenvalue weighted by molar-refractivity contribution is 0.104. The van der Waals surface area contributed by atoms with Crippen LogP contribution in [0, 0.1) is 6.92 Å². The molecule has 2 rings (SSSR count). The summed E-state index contributed by atoms with van der Waals surface area (Å²) in [5.41, 5.74) is 1.84. The number of carbonyl (C=O) groups excluding carboxylic acids is 1. The molecule has 1 aliphatic heterocycles. The SMILES string of the molecule is Cc1ccc(C(=O)/C=C(\Cl)N2CCCCC2)cc1. The molecule has 1 aromatic carbocycles. The molecular formula is C15H18ClNO. The Balaban J connectivity index is 2.06. The highest BCUT2D eigenvalue weighted by atomic mass is 35.5. The predicted molar refractivity (Wildman–Crippen MR) is 74.9 cm³/mol. The van der Waals surface area contributed by atoms with Crippen molar-refractivity contribution in [1.82, 2.24) is 4.90 Å². The Morgan fingerprint density at radius 3 is 2.39 bits per heavy atom. The van der Waals surface area contributed by atoms with Crippen LogP contribution in [0.2, 0.25) is 0 Å². The van der Waals surface area contributed by atoms with Crippen LogP contribution in [0.15, 0.2) is 35.5 Å². The third kappa shape index (κ3) is 3.36. The number of piperidine rings is 1. The molecule has 0 atom stereocenters. The van der Waals surface area contributed by atoms with E-state index in [4.69, 9.17) is 11.6 Å². The van der Waals surface area contributed by atoms with Gasteiger partial charge in [0.25, 0.3) is 0 Å². The van der Waals surface area contributed by atoms with Crippen molar-refractivity contribution in [1.29, 1.82) is 0 Å². The molecule has 0 bridgehead atoms. The second kappa shape index (κ2) is 6.05. The fourth-order valence-electron chi connectivity index (χ4n) is 2.11. The zero-order valence-electron chi connectivity index (χ0n) is 10.7. The minimum Gasteiger partial charge on any atom is -0.362 e. The third-order valence-electron chi connectivity index (χ3n) is 3.24. The van der Waals surface area contributed by atoms with Crippen LogP contribution in [-0.2, 0) is 0 Å². The summed E-state index contributed by atoms with van der Waals surface area (Å²) in [4.78, 5) is 14.1. The summed E-state index contributed by atoms with van der Waals surface area (Å²) >= 11 is 6.20. The number of rotatable bonds is 3. The first-order valence-corrected chi connectivity index (χ1v) is 6.78. The topological polar surface area (TPSA) is 20.3 Å². The van der Waals surface area contributed by atoms with Gasteiger partial charge in [0.2, 0.25) is 0 Å². The standard InChI is InChI=1S/C15H18ClNO/c1-12-5-7-13(8-6-12)14(18)11-15(16)17-9-3-2-4-10-17/h5-8,11H,2-4,9-10H2,1H3/b15-11+. The Bertz CT molecular complexity index is 444. The Morgan fingerprint density at radius 1 is 1.17 bits per heavy atom. The van der Waals surface area contributed by atoms with Crippen LogP contribution in [0.3, 0.4) is 0 Å². The molecule has 0 aliphatic carbocycles. The van der Waals surface area contributed by atoms with Crippen LogP contribution in [0.5, 0.6) is 0 Å². The number of ketones is 1. The number of likely N-dealkylation sites (tertiary alicyclic amines) is 1. The molecule has 1 fully saturated rings. The maximum atomic E-state index is 12.0. The number of nitrogens with zero attached hydrogens (tertiary/aromatic N) is 1. The van der Waals surface area contributed by atoms with E-state index in [-0.39, 0.29) is 5.78 Å². The molecule has 0 saturated carbocycles. The molecule has 0 unspecified atom stereocenters. The highest BCUT2D eigenvalue weighted by Gasteiger charge is 2.13. The summed E-state index contributed by atoms with van der Waals surface area (Å²) < 4.78 is 0. The van der Waals surface area contributed by atoms with E-state index in [0.717, 1.165) is 31.5 Å². The number of allylic oxidation sites excluding steroid dienone is 1. The molecule has 1 aromatic rings. The van der Waals surface area contributed by atoms with E-state index in [1.807, 2.05) is 31.2 Å². The highest BCUT2D eigenvalue weighted by molar-refractivity contribution is 6.31. The van der Waals surface area contributed by atoms with Gasteiger partial charge in [-0.05, 0) is 26.2 Å². The Labute approximate surface area is 113 Å². The molecule has 1 saturated heterocycles. The van der Waals surface area contributed by atoms with Gasteiger partial charge < -0.3 is 4.90 Å². The molecule has 0 aromatic heterocycles. The van der Waals surface area contributed by atoms with Gasteiger partial charge >= 0.3 is 0 Å². The first kappa shape index (κ1) is 13.2. The van der Waals surface area contributed by atoms with Crippen molar-refractivity contribution in [2.75, 3.05) is 13.1 Å². The van der Waals surface area contributed by atoms with Crippen LogP contribution in [0.1, 0.15) is 35.2 Å². The zero-order valence-corrected chi connectivity index (χ0v) is 11.4. The lowest BCUT2D eigenvalue weighted by Gasteiger charge is -2.27. The summed E-state index contributed by atoms with van der Waals surface area (Å²) in [5, 5.41) is 0.570. The maximum Gasteiger partial charge on any atom is 0.188 e. The number of benzene rings is 1. The summed E-state index contributed by atoms with van der Waals surface area (Å²) in [5.74, 6) is -0.0226. The fraction of sp³-hybridized carbons (Fsp3) is 0.400. The minimum absolute atomic E-state index is 0.0226. The van der Waals surface area contributed by atoms with Gasteiger partial charge in [-0.3, -0.25) is 4.79 Å². The van der Waals surface area contributed by atoms with Gasteiger partial charge in [0.1, 0.15) is 5.16 Å². The third-order valence-corrected chi connectivity index (χ3v) is 3.59. The number of aryl methyl sites for hydroxylation is 1. The second-order valence-electron chi connectivity index (χ2n) is 4.75. The van der Waals surface area contributed by atoms with Gasteiger partial charge in [-0.15, -0.1) is 0 Å². The normalized spacial score (nSPS) is 16.8. The molecule has 2 nitrogen and oxygen atoms in total. The van der Waals surface area contributed by atoms with Crippen molar-refractivity contribution in [3.05, 3.63) is 46.6 Å². The minimum atomic E-state index is -0.0226. The van der Waals surface area contributed by atoms with Crippen molar-refractivity contribution in [3.63, 3.8) is 0 Å². The number of halogens is 1. The van der Waals surface area contributed by atoms with Crippen molar-refractivity contribution < 1.29 is 4.79 Å². The molecule has 96 valence electrons. The number of carbonyl (C=O) groups is 1. The van der Waals surface area contributed by atoms with Gasteiger partial charge in [-0.25, -0.2) is 0 Å². The lowest BCUT2D eigenvalue weighted by atomic mass is 10.1. The van der Waals surface area contributed by atoms with Crippen LogP contribution < -0.4 is 0 Å². The molecule has 0 spiro atoms. The summed E-state index contributed by atoms with van der Waals surface area (Å²) in [6.45, 7) is 3.91. The summed E-state index contributed by atoms with van der Waals surface area (Å²) in [7, 11) is 0. The van der Waals surface area contributed by atoms with Crippen LogP contribution in [-0.4, -0.2) is 23.8 Å². The van der Waals surface area contributed by atoms with Crippen molar-refractivity contribution in [2.24, 2.45) is 0 Å². The van der Waals surface area contributed by atoms with Crippen LogP contribution in [0.4, 0.5) is 0 Å². The maximum absolute atomic E-state index is 12.0. The van der Waals surface area contributed by atoms with Crippen molar-refractivity contribution >= 4 is 17.4 Å². The van der Waals surface area contributed by atoms with E-state index in [0.29, 0.717) is 10.7 Å². The molecule has 3 heteroatoms. The average molecular weight is 264 g/mol. The molecule has 18 heavy (non-hydrogen) atoms. The lowest BCUT2D eigenvalue weighted by Crippen LogP contribution is -2.27. The van der Waals surface area contributed by atoms with Crippen LogP contribution in [0.25, 0.3) is 0 Å². The quantitative estimate of drug-likeness (QED) is 0.470. The monoisotopic (exact) mass is 263 g/mol. The molecule has 1 heterocycles. The van der Waals surface area contributed by atoms with E-state index in [1.54, 1.807) is 0 Å². The van der Waals surface area contributed by atoms with E-state index < -0.39 is 0 Å². The Morgan fingerprint density at radius 2 is 1.78 bits per heavy atom. The highest BCUT2D eigenvalue weighted by Crippen LogP contribution is 2.18. The fourth-order valence-corrected chi connectivity index (χ4v) is 2.38. The van der Waals surface area contributed by atoms with Gasteiger partial charge in [-0.1, -0.05) is 41.4 Å². The van der Waals surface area contributed by atoms with E-state index in [1.165, 1.54) is 12.5 Å². The van der Waals surface area contributed by atoms with Crippen molar-refractivity contribution in [2.45, 2.75) is 26.2 Å². The summed E-state index contributed by atoms with van der Waals surface area (Å²) in [6, 6.07) is 7.56. The molecular weight excluding hydrogens is 246 g/mol.